The van der Waals surface area contributed by atoms with Crippen molar-refractivity contribution < 1.29 is 9.47 Å². The van der Waals surface area contributed by atoms with Crippen LogP contribution in [0.3, 0.4) is 0 Å². The van der Waals surface area contributed by atoms with Crippen LogP contribution in [0.1, 0.15) is 0 Å². The van der Waals surface area contributed by atoms with Crippen molar-refractivity contribution in [2.24, 2.45) is 0 Å². The monoisotopic (exact) mass is 668 g/mol. The van der Waals surface area contributed by atoms with Crippen molar-refractivity contribution >= 4 is 34.1 Å². The van der Waals surface area contributed by atoms with E-state index in [1.54, 1.807) is 0 Å². The Morgan fingerprint density at radius 2 is 0.538 bits per heavy atom. The predicted molar refractivity (Wildman–Crippen MR) is 212 cm³/mol. The van der Waals surface area contributed by atoms with E-state index in [-0.39, 0.29) is 0 Å². The topological polar surface area (TPSA) is 24.9 Å². The Morgan fingerprint density at radius 3 is 0.885 bits per heavy atom. The third kappa shape index (κ3) is 5.17. The smallest absolute Gasteiger partial charge is 0.151 e. The minimum Gasteiger partial charge on any atom is -0.453 e. The maximum Gasteiger partial charge on any atom is 0.151 e. The van der Waals surface area contributed by atoms with Crippen molar-refractivity contribution in [1.82, 2.24) is 0 Å². The number of para-hydroxylation sites is 8. The van der Waals surface area contributed by atoms with E-state index in [0.717, 1.165) is 79.4 Å². The number of benzene rings is 8. The van der Waals surface area contributed by atoms with Crippen molar-refractivity contribution in [1.29, 1.82) is 0 Å². The summed E-state index contributed by atoms with van der Waals surface area (Å²) in [6.45, 7) is 0. The van der Waals surface area contributed by atoms with Gasteiger partial charge in [0.05, 0.1) is 22.7 Å². The lowest BCUT2D eigenvalue weighted by Crippen LogP contribution is -2.15. The van der Waals surface area contributed by atoms with Crippen LogP contribution in [0.25, 0.3) is 33.4 Å². The van der Waals surface area contributed by atoms with Crippen LogP contribution in [0, 0.1) is 0 Å². The SMILES string of the molecule is c1ccc(-c2cc(-c3ccc(N4c5ccccc5Oc5ccccc54)cc3)cc(-c3ccc(N4c5ccccc5Oc5ccccc54)cc3)c2)cc1. The fraction of sp³-hybridized carbons (Fsp3) is 0. The summed E-state index contributed by atoms with van der Waals surface area (Å²) >= 11 is 0. The maximum absolute atomic E-state index is 6.26. The average Bonchev–Trinajstić information content (AvgIpc) is 3.22. The minimum absolute atomic E-state index is 0.846. The summed E-state index contributed by atoms with van der Waals surface area (Å²) in [5.41, 5.74) is 13.2. The first kappa shape index (κ1) is 29.8. The van der Waals surface area contributed by atoms with E-state index < -0.39 is 0 Å². The number of anilines is 6. The van der Waals surface area contributed by atoms with Gasteiger partial charge in [0.1, 0.15) is 0 Å². The Bertz CT molecular complexity index is 2330. The lowest BCUT2D eigenvalue weighted by molar-refractivity contribution is 0.477. The molecule has 0 atom stereocenters. The fourth-order valence-corrected chi connectivity index (χ4v) is 7.33. The first-order valence-corrected chi connectivity index (χ1v) is 17.5. The Balaban J connectivity index is 1.04. The molecule has 0 aliphatic carbocycles. The second kappa shape index (κ2) is 12.4. The Morgan fingerprint density at radius 1 is 0.250 bits per heavy atom. The zero-order valence-corrected chi connectivity index (χ0v) is 28.2. The number of rotatable bonds is 5. The van der Waals surface area contributed by atoms with Crippen LogP contribution in [-0.2, 0) is 0 Å². The molecule has 2 heterocycles. The molecule has 0 fully saturated rings. The summed E-state index contributed by atoms with van der Waals surface area (Å²) in [7, 11) is 0. The Hall–Kier alpha value is -7.04. The summed E-state index contributed by atoms with van der Waals surface area (Å²) in [5, 5.41) is 0. The van der Waals surface area contributed by atoms with Crippen LogP contribution >= 0.6 is 0 Å². The van der Waals surface area contributed by atoms with Gasteiger partial charge in [0.25, 0.3) is 0 Å². The van der Waals surface area contributed by atoms with Crippen LogP contribution in [-0.4, -0.2) is 0 Å². The first-order chi connectivity index (χ1) is 25.8. The normalized spacial score (nSPS) is 12.5. The molecule has 0 N–H and O–H groups in total. The van der Waals surface area contributed by atoms with E-state index in [4.69, 9.17) is 9.47 Å². The molecular formula is C48H32N2O2. The van der Waals surface area contributed by atoms with Crippen molar-refractivity contribution in [2.45, 2.75) is 0 Å². The van der Waals surface area contributed by atoms with Gasteiger partial charge >= 0.3 is 0 Å². The highest BCUT2D eigenvalue weighted by Gasteiger charge is 2.26. The molecule has 4 nitrogen and oxygen atoms in total. The molecule has 0 spiro atoms. The summed E-state index contributed by atoms with van der Waals surface area (Å²) < 4.78 is 12.5. The van der Waals surface area contributed by atoms with Gasteiger partial charge in [0, 0.05) is 11.4 Å². The number of fused-ring (bicyclic) bond motifs is 4. The van der Waals surface area contributed by atoms with E-state index in [0.29, 0.717) is 0 Å². The van der Waals surface area contributed by atoms with Crippen LogP contribution in [0.15, 0.2) is 194 Å². The van der Waals surface area contributed by atoms with Gasteiger partial charge in [-0.2, -0.15) is 0 Å². The van der Waals surface area contributed by atoms with E-state index in [2.05, 4.69) is 155 Å². The molecule has 4 heteroatoms. The van der Waals surface area contributed by atoms with Crippen LogP contribution in [0.2, 0.25) is 0 Å². The predicted octanol–water partition coefficient (Wildman–Crippen LogP) is 13.8. The average molecular weight is 669 g/mol. The molecular weight excluding hydrogens is 637 g/mol. The van der Waals surface area contributed by atoms with Crippen molar-refractivity contribution in [3.05, 3.63) is 194 Å². The van der Waals surface area contributed by atoms with Gasteiger partial charge in [0.2, 0.25) is 0 Å². The Labute approximate surface area is 303 Å². The molecule has 0 unspecified atom stereocenters. The summed E-state index contributed by atoms with van der Waals surface area (Å²) in [5.74, 6) is 3.38. The fourth-order valence-electron chi connectivity index (χ4n) is 7.33. The largest absolute Gasteiger partial charge is 0.453 e. The number of hydrogen-bond donors (Lipinski definition) is 0. The van der Waals surface area contributed by atoms with Gasteiger partial charge in [0.15, 0.2) is 23.0 Å². The summed E-state index contributed by atoms with van der Waals surface area (Å²) in [6.07, 6.45) is 0. The second-order valence-corrected chi connectivity index (χ2v) is 13.0. The molecule has 0 saturated carbocycles. The van der Waals surface area contributed by atoms with Crippen LogP contribution in [0.4, 0.5) is 34.1 Å². The molecule has 10 rings (SSSR count). The third-order valence-corrected chi connectivity index (χ3v) is 9.82. The van der Waals surface area contributed by atoms with E-state index >= 15 is 0 Å². The standard InChI is InChI=1S/C48H32N2O2/c1-2-12-33(13-3-1)36-30-37(34-22-26-39(27-23-34)49-41-14-4-8-18-45(41)51-46-19-9-5-15-42(46)49)32-38(31-36)35-24-28-40(29-25-35)50-43-16-6-10-20-47(43)52-48-21-11-7-17-44(48)50/h1-32H. The van der Waals surface area contributed by atoms with Gasteiger partial charge in [-0.05, 0) is 124 Å². The van der Waals surface area contributed by atoms with Crippen LogP contribution < -0.4 is 19.3 Å². The lowest BCUT2D eigenvalue weighted by Gasteiger charge is -2.32. The molecule has 0 saturated heterocycles. The molecule has 0 radical (unpaired) electrons. The zero-order valence-electron chi connectivity index (χ0n) is 28.2. The quantitative estimate of drug-likeness (QED) is 0.182. The lowest BCUT2D eigenvalue weighted by atomic mass is 9.93. The third-order valence-electron chi connectivity index (χ3n) is 9.82. The molecule has 8 aromatic rings. The number of nitrogens with zero attached hydrogens (tertiary/aromatic N) is 2. The molecule has 0 bridgehead atoms. The minimum atomic E-state index is 0.846. The Kier molecular flexibility index (Phi) is 7.10. The van der Waals surface area contributed by atoms with E-state index in [1.807, 2.05) is 48.5 Å². The molecule has 0 amide bonds. The molecule has 246 valence electrons. The van der Waals surface area contributed by atoms with Crippen molar-refractivity contribution in [3.8, 4) is 56.4 Å². The molecule has 2 aliphatic heterocycles. The van der Waals surface area contributed by atoms with Crippen LogP contribution in [0.5, 0.6) is 23.0 Å². The van der Waals surface area contributed by atoms with E-state index in [1.165, 1.54) is 11.1 Å². The van der Waals surface area contributed by atoms with Gasteiger partial charge in [-0.25, -0.2) is 0 Å². The second-order valence-electron chi connectivity index (χ2n) is 13.0. The zero-order chi connectivity index (χ0) is 34.4. The molecule has 8 aromatic carbocycles. The van der Waals surface area contributed by atoms with E-state index in [9.17, 15) is 0 Å². The van der Waals surface area contributed by atoms with Crippen molar-refractivity contribution in [3.63, 3.8) is 0 Å². The highest BCUT2D eigenvalue weighted by Crippen LogP contribution is 2.51. The first-order valence-electron chi connectivity index (χ1n) is 17.5. The molecule has 2 aliphatic rings. The number of ether oxygens (including phenoxy) is 2. The summed E-state index contributed by atoms with van der Waals surface area (Å²) in [6, 6.07) is 68.0. The molecule has 52 heavy (non-hydrogen) atoms. The highest BCUT2D eigenvalue weighted by atomic mass is 16.5. The van der Waals surface area contributed by atoms with Gasteiger partial charge in [-0.3, -0.25) is 0 Å². The van der Waals surface area contributed by atoms with Gasteiger partial charge in [-0.1, -0.05) is 103 Å². The molecule has 0 aromatic heterocycles. The van der Waals surface area contributed by atoms with Gasteiger partial charge < -0.3 is 19.3 Å². The number of hydrogen-bond acceptors (Lipinski definition) is 4. The maximum atomic E-state index is 6.26. The summed E-state index contributed by atoms with van der Waals surface area (Å²) in [4.78, 5) is 4.55. The highest BCUT2D eigenvalue weighted by molar-refractivity contribution is 5.89. The van der Waals surface area contributed by atoms with Gasteiger partial charge in [-0.15, -0.1) is 0 Å². The van der Waals surface area contributed by atoms with Crippen molar-refractivity contribution in [2.75, 3.05) is 9.80 Å².